The fraction of sp³-hybridized carbons (Fsp3) is 0.800. The van der Waals surface area contributed by atoms with Crippen molar-refractivity contribution in [3.8, 4) is 0 Å². The van der Waals surface area contributed by atoms with Crippen LogP contribution >= 0.6 is 0 Å². The Morgan fingerprint density at radius 2 is 0.971 bits per heavy atom. The Balaban J connectivity index is 5.43. The zero-order valence-electron chi connectivity index (χ0n) is 22.1. The largest absolute Gasteiger partial charge is 0.481 e. The van der Waals surface area contributed by atoms with Gasteiger partial charge < -0.3 is 19.3 Å². The van der Waals surface area contributed by atoms with Crippen LogP contribution in [0.3, 0.4) is 0 Å². The number of hydrogen-bond donors (Lipinski definition) is 1. The van der Waals surface area contributed by atoms with Crippen molar-refractivity contribution in [3.63, 3.8) is 0 Å². The molecule has 2 atom stereocenters. The minimum atomic E-state index is -1.09. The molecule has 0 spiro atoms. The van der Waals surface area contributed by atoms with Crippen LogP contribution in [0.25, 0.3) is 0 Å². The molecule has 0 saturated heterocycles. The fourth-order valence-corrected chi connectivity index (χ4v) is 2.99. The van der Waals surface area contributed by atoms with Gasteiger partial charge in [0, 0.05) is 25.7 Å². The van der Waals surface area contributed by atoms with E-state index in [1.54, 1.807) is 62.3 Å². The van der Waals surface area contributed by atoms with Gasteiger partial charge in [-0.3, -0.25) is 24.0 Å². The summed E-state index contributed by atoms with van der Waals surface area (Å²) in [5, 5.41) is 9.00. The van der Waals surface area contributed by atoms with Gasteiger partial charge in [-0.05, 0) is 75.2 Å². The van der Waals surface area contributed by atoms with E-state index < -0.39 is 58.3 Å². The second kappa shape index (κ2) is 12.9. The van der Waals surface area contributed by atoms with E-state index in [1.165, 1.54) is 0 Å². The smallest absolute Gasteiger partial charge is 0.309 e. The highest BCUT2D eigenvalue weighted by Gasteiger charge is 2.32. The van der Waals surface area contributed by atoms with Crippen LogP contribution in [0.15, 0.2) is 0 Å². The van der Waals surface area contributed by atoms with Gasteiger partial charge in [0.15, 0.2) is 0 Å². The Hall–Kier alpha value is -2.45. The van der Waals surface area contributed by atoms with Crippen LogP contribution in [0, 0.1) is 11.8 Å². The molecule has 0 amide bonds. The number of ether oxygens (including phenoxy) is 3. The SMILES string of the molecule is CC(C)(C)OC(=O)CC[C@H](CC(=O)C[C@@H](CCC(=O)O)C(=O)OC(C)(C)C)C(=O)OC(C)(C)C. The minimum absolute atomic E-state index is 0.0434. The van der Waals surface area contributed by atoms with Gasteiger partial charge in [-0.15, -0.1) is 0 Å². The maximum absolute atomic E-state index is 12.8. The van der Waals surface area contributed by atoms with Crippen LogP contribution in [-0.4, -0.2) is 51.6 Å². The molecule has 0 aliphatic carbocycles. The summed E-state index contributed by atoms with van der Waals surface area (Å²) in [7, 11) is 0. The van der Waals surface area contributed by atoms with Crippen LogP contribution in [0.1, 0.15) is 101 Å². The summed E-state index contributed by atoms with van der Waals surface area (Å²) in [6.07, 6.45) is -0.918. The second-order valence-electron chi connectivity index (χ2n) is 11.5. The fourth-order valence-electron chi connectivity index (χ4n) is 2.99. The summed E-state index contributed by atoms with van der Waals surface area (Å²) in [5.74, 6) is -5.15. The van der Waals surface area contributed by atoms with Crippen molar-refractivity contribution >= 4 is 29.7 Å². The van der Waals surface area contributed by atoms with Gasteiger partial charge in [0.05, 0.1) is 11.8 Å². The van der Waals surface area contributed by atoms with Crippen LogP contribution in [0.4, 0.5) is 0 Å². The first-order valence-electron chi connectivity index (χ1n) is 11.6. The van der Waals surface area contributed by atoms with E-state index in [9.17, 15) is 24.0 Å². The Bertz CT molecular complexity index is 733. The van der Waals surface area contributed by atoms with E-state index in [0.717, 1.165) is 0 Å². The molecular formula is C25H42O9. The molecule has 34 heavy (non-hydrogen) atoms. The number of ketones is 1. The van der Waals surface area contributed by atoms with E-state index in [-0.39, 0.29) is 38.5 Å². The lowest BCUT2D eigenvalue weighted by atomic mass is 9.90. The molecule has 0 fully saturated rings. The predicted molar refractivity (Wildman–Crippen MR) is 125 cm³/mol. The van der Waals surface area contributed by atoms with Crippen LogP contribution in [0.5, 0.6) is 0 Å². The van der Waals surface area contributed by atoms with Crippen molar-refractivity contribution in [2.24, 2.45) is 11.8 Å². The van der Waals surface area contributed by atoms with Gasteiger partial charge in [-0.25, -0.2) is 0 Å². The molecule has 0 aromatic carbocycles. The van der Waals surface area contributed by atoms with Gasteiger partial charge in [-0.2, -0.15) is 0 Å². The molecule has 196 valence electrons. The quantitative estimate of drug-likeness (QED) is 0.317. The van der Waals surface area contributed by atoms with Crippen molar-refractivity contribution in [3.05, 3.63) is 0 Å². The lowest BCUT2D eigenvalue weighted by molar-refractivity contribution is -0.162. The minimum Gasteiger partial charge on any atom is -0.481 e. The Labute approximate surface area is 202 Å². The maximum atomic E-state index is 12.8. The zero-order valence-corrected chi connectivity index (χ0v) is 22.1. The molecule has 0 aliphatic heterocycles. The molecule has 0 aromatic heterocycles. The van der Waals surface area contributed by atoms with Crippen molar-refractivity contribution in [2.75, 3.05) is 0 Å². The van der Waals surface area contributed by atoms with Gasteiger partial charge >= 0.3 is 23.9 Å². The van der Waals surface area contributed by atoms with E-state index >= 15 is 0 Å². The van der Waals surface area contributed by atoms with Gasteiger partial charge in [-0.1, -0.05) is 0 Å². The summed E-state index contributed by atoms with van der Waals surface area (Å²) < 4.78 is 16.0. The highest BCUT2D eigenvalue weighted by Crippen LogP contribution is 2.24. The number of carboxylic acid groups (broad SMARTS) is 1. The Morgan fingerprint density at radius 1 is 0.618 bits per heavy atom. The molecular weight excluding hydrogens is 444 g/mol. The predicted octanol–water partition coefficient (Wildman–Crippen LogP) is 4.24. The number of carbonyl (C=O) groups is 5. The number of hydrogen-bond acceptors (Lipinski definition) is 8. The standard InChI is InChI=1S/C25H42O9/c1-23(2,3)32-20(29)13-11-17(22(31)34-25(7,8)9)15-18(26)14-16(10-12-19(27)28)21(30)33-24(4,5)6/h16-17H,10-15H2,1-9H3,(H,27,28)/t16-,17-/m1/s1. The summed E-state index contributed by atoms with van der Waals surface area (Å²) in [5.41, 5.74) is -2.27. The van der Waals surface area contributed by atoms with Crippen LogP contribution < -0.4 is 0 Å². The number of carbonyl (C=O) groups excluding carboxylic acids is 4. The third-order valence-corrected chi connectivity index (χ3v) is 4.25. The van der Waals surface area contributed by atoms with Gasteiger partial charge in [0.2, 0.25) is 0 Å². The van der Waals surface area contributed by atoms with E-state index in [1.807, 2.05) is 0 Å². The van der Waals surface area contributed by atoms with Crippen LogP contribution in [-0.2, 0) is 38.2 Å². The molecule has 0 aliphatic rings. The first-order chi connectivity index (χ1) is 15.2. The molecule has 0 unspecified atom stereocenters. The highest BCUT2D eigenvalue weighted by atomic mass is 16.6. The molecule has 9 heteroatoms. The third kappa shape index (κ3) is 16.2. The zero-order chi connectivity index (χ0) is 26.9. The lowest BCUT2D eigenvalue weighted by Gasteiger charge is -2.25. The summed E-state index contributed by atoms with van der Waals surface area (Å²) >= 11 is 0. The third-order valence-electron chi connectivity index (χ3n) is 4.25. The normalized spacial score (nSPS) is 14.0. The molecule has 0 bridgehead atoms. The molecule has 9 nitrogen and oxygen atoms in total. The number of carboxylic acids is 1. The van der Waals surface area contributed by atoms with Crippen molar-refractivity contribution in [1.82, 2.24) is 0 Å². The van der Waals surface area contributed by atoms with E-state index in [4.69, 9.17) is 19.3 Å². The van der Waals surface area contributed by atoms with Crippen LogP contribution in [0.2, 0.25) is 0 Å². The van der Waals surface area contributed by atoms with E-state index in [2.05, 4.69) is 0 Å². The maximum Gasteiger partial charge on any atom is 0.309 e. The molecule has 0 radical (unpaired) electrons. The molecule has 0 saturated carbocycles. The first-order valence-corrected chi connectivity index (χ1v) is 11.6. The van der Waals surface area contributed by atoms with Crippen molar-refractivity contribution in [1.29, 1.82) is 0 Å². The number of Topliss-reactive ketones (excluding diaryl/α,β-unsaturated/α-hetero) is 1. The lowest BCUT2D eigenvalue weighted by Crippen LogP contribution is -2.33. The number of rotatable bonds is 12. The monoisotopic (exact) mass is 486 g/mol. The Kier molecular flexibility index (Phi) is 11.9. The average molecular weight is 487 g/mol. The topological polar surface area (TPSA) is 133 Å². The van der Waals surface area contributed by atoms with Crippen molar-refractivity contribution < 1.29 is 43.3 Å². The summed E-state index contributed by atoms with van der Waals surface area (Å²) in [6.45, 7) is 15.3. The number of esters is 3. The highest BCUT2D eigenvalue weighted by molar-refractivity contribution is 5.88. The Morgan fingerprint density at radius 3 is 1.29 bits per heavy atom. The van der Waals surface area contributed by atoms with Gasteiger partial charge in [0.1, 0.15) is 22.6 Å². The summed E-state index contributed by atoms with van der Waals surface area (Å²) in [4.78, 5) is 61.2. The first kappa shape index (κ1) is 31.6. The van der Waals surface area contributed by atoms with Crippen molar-refractivity contribution in [2.45, 2.75) is 118 Å². The average Bonchev–Trinajstić information content (AvgIpc) is 2.57. The summed E-state index contributed by atoms with van der Waals surface area (Å²) in [6, 6.07) is 0. The van der Waals surface area contributed by atoms with E-state index in [0.29, 0.717) is 0 Å². The molecule has 0 rings (SSSR count). The molecule has 0 aromatic rings. The molecule has 1 N–H and O–H groups in total. The second-order valence-corrected chi connectivity index (χ2v) is 11.5. The van der Waals surface area contributed by atoms with Gasteiger partial charge in [0.25, 0.3) is 0 Å². The molecule has 0 heterocycles. The number of aliphatic carboxylic acids is 1.